The van der Waals surface area contributed by atoms with Crippen molar-refractivity contribution in [1.29, 1.82) is 0 Å². The fourth-order valence-corrected chi connectivity index (χ4v) is 6.85. The molecule has 1 aliphatic carbocycles. The molecule has 0 bridgehead atoms. The first kappa shape index (κ1) is 22.4. The second-order valence-electron chi connectivity index (χ2n) is 7.57. The van der Waals surface area contributed by atoms with Crippen LogP contribution in [-0.2, 0) is 27.7 Å². The molecule has 1 heterocycles. The third kappa shape index (κ3) is 4.54. The fourth-order valence-electron chi connectivity index (χ4n) is 3.99. The molecule has 4 rings (SSSR count). The average molecular weight is 469 g/mol. The molecule has 7 heteroatoms. The molecule has 2 aromatic carbocycles. The fraction of sp³-hybridized carbons (Fsp3) is 0.280. The maximum Gasteiger partial charge on any atom is 0.348 e. The summed E-state index contributed by atoms with van der Waals surface area (Å²) < 4.78 is 24.2. The Kier molecular flexibility index (Phi) is 6.86. The minimum absolute atomic E-state index is 0.0564. The monoisotopic (exact) mass is 468 g/mol. The van der Waals surface area contributed by atoms with E-state index >= 15 is 0 Å². The zero-order valence-electron chi connectivity index (χ0n) is 18.0. The molecule has 1 aromatic heterocycles. The van der Waals surface area contributed by atoms with Gasteiger partial charge in [-0.05, 0) is 48.1 Å². The lowest BCUT2D eigenvalue weighted by Crippen LogP contribution is -2.20. The molecule has 0 saturated heterocycles. The van der Waals surface area contributed by atoms with E-state index in [9.17, 15) is 13.8 Å². The predicted octanol–water partition coefficient (Wildman–Crippen LogP) is 5.15. The molecule has 0 radical (unpaired) electrons. The van der Waals surface area contributed by atoms with Crippen LogP contribution in [0.3, 0.4) is 0 Å². The molecule has 32 heavy (non-hydrogen) atoms. The zero-order chi connectivity index (χ0) is 22.7. The van der Waals surface area contributed by atoms with Crippen LogP contribution in [0.25, 0.3) is 0 Å². The van der Waals surface area contributed by atoms with E-state index in [2.05, 4.69) is 0 Å². The summed E-state index contributed by atoms with van der Waals surface area (Å²) in [6.07, 6.45) is 0.842. The summed E-state index contributed by atoms with van der Waals surface area (Å²) in [4.78, 5) is 26.4. The number of fused-ring (bicyclic) bond motifs is 1. The van der Waals surface area contributed by atoms with E-state index in [1.165, 1.54) is 0 Å². The lowest BCUT2D eigenvalue weighted by molar-refractivity contribution is 0.0530. The number of hydrogen-bond acceptors (Lipinski definition) is 6. The maximum atomic E-state index is 13.3. The number of hydrogen-bond donors (Lipinski definition) is 0. The highest BCUT2D eigenvalue weighted by atomic mass is 32.2. The number of methoxy groups -OCH3 is 1. The maximum absolute atomic E-state index is 13.3. The van der Waals surface area contributed by atoms with E-state index in [1.54, 1.807) is 14.0 Å². The van der Waals surface area contributed by atoms with Crippen LogP contribution < -0.4 is 4.74 Å². The van der Waals surface area contributed by atoms with Crippen molar-refractivity contribution < 1.29 is 23.3 Å². The van der Waals surface area contributed by atoms with Gasteiger partial charge in [-0.25, -0.2) is 4.79 Å². The third-order valence-electron chi connectivity index (χ3n) is 5.53. The van der Waals surface area contributed by atoms with Crippen molar-refractivity contribution in [1.82, 2.24) is 0 Å². The molecule has 0 amide bonds. The first-order valence-electron chi connectivity index (χ1n) is 10.4. The smallest absolute Gasteiger partial charge is 0.348 e. The van der Waals surface area contributed by atoms with Crippen LogP contribution in [-0.4, -0.2) is 29.7 Å². The number of Topliss-reactive ketones (excluding diaryl/α,β-unsaturated/α-hetero) is 1. The highest BCUT2D eigenvalue weighted by Gasteiger charge is 2.36. The summed E-state index contributed by atoms with van der Waals surface area (Å²) in [6.45, 7) is 1.99. The molecule has 2 atom stereocenters. The van der Waals surface area contributed by atoms with Gasteiger partial charge in [0.2, 0.25) is 0 Å². The summed E-state index contributed by atoms with van der Waals surface area (Å²) in [5, 5.41) is 0. The van der Waals surface area contributed by atoms with Gasteiger partial charge in [-0.2, -0.15) is 0 Å². The molecule has 5 nitrogen and oxygen atoms in total. The quantitative estimate of drug-likeness (QED) is 0.448. The van der Waals surface area contributed by atoms with Gasteiger partial charge >= 0.3 is 5.97 Å². The summed E-state index contributed by atoms with van der Waals surface area (Å²) in [7, 11) is 0.180. The average Bonchev–Trinajstić information content (AvgIpc) is 3.20. The Balaban J connectivity index is 1.71. The first-order valence-corrected chi connectivity index (χ1v) is 12.6. The molecule has 0 N–H and O–H groups in total. The number of rotatable bonds is 7. The van der Waals surface area contributed by atoms with E-state index < -0.39 is 16.8 Å². The number of benzene rings is 2. The van der Waals surface area contributed by atoms with Crippen LogP contribution in [0.1, 0.15) is 56.0 Å². The van der Waals surface area contributed by atoms with Gasteiger partial charge < -0.3 is 9.47 Å². The van der Waals surface area contributed by atoms with Crippen molar-refractivity contribution in [3.63, 3.8) is 0 Å². The largest absolute Gasteiger partial charge is 0.497 e. The number of ketones is 1. The Hall–Kier alpha value is -2.77. The SMILES string of the molecule is CCOC(=O)c1sc(S(=O)Cc2ccccc2)c2c1CC(c1ccc(OC)cc1)CC2=O. The predicted molar refractivity (Wildman–Crippen MR) is 125 cm³/mol. The van der Waals surface area contributed by atoms with Crippen molar-refractivity contribution in [2.45, 2.75) is 35.6 Å². The van der Waals surface area contributed by atoms with Crippen molar-refractivity contribution in [2.75, 3.05) is 13.7 Å². The summed E-state index contributed by atoms with van der Waals surface area (Å²) in [5.41, 5.74) is 3.06. The number of esters is 1. The number of carbonyl (C=O) groups excluding carboxylic acids is 2. The van der Waals surface area contributed by atoms with E-state index in [0.29, 0.717) is 38.8 Å². The van der Waals surface area contributed by atoms with Crippen molar-refractivity contribution >= 4 is 33.9 Å². The van der Waals surface area contributed by atoms with Gasteiger partial charge in [-0.15, -0.1) is 11.3 Å². The molecular weight excluding hydrogens is 444 g/mol. The van der Waals surface area contributed by atoms with Crippen LogP contribution >= 0.6 is 11.3 Å². The molecule has 0 aliphatic heterocycles. The highest BCUT2D eigenvalue weighted by molar-refractivity contribution is 7.86. The molecular formula is C25H24O5S2. The minimum atomic E-state index is -1.43. The molecule has 0 spiro atoms. The topological polar surface area (TPSA) is 69.7 Å². The molecule has 2 unspecified atom stereocenters. The Morgan fingerprint density at radius 3 is 2.47 bits per heavy atom. The summed E-state index contributed by atoms with van der Waals surface area (Å²) in [6, 6.07) is 17.2. The number of thiophene rings is 1. The minimum Gasteiger partial charge on any atom is -0.497 e. The summed E-state index contributed by atoms with van der Waals surface area (Å²) in [5.74, 6) is 0.456. The van der Waals surface area contributed by atoms with Gasteiger partial charge in [0.05, 0.1) is 30.3 Å². The highest BCUT2D eigenvalue weighted by Crippen LogP contribution is 2.42. The van der Waals surface area contributed by atoms with Crippen molar-refractivity contribution in [2.24, 2.45) is 0 Å². The molecule has 1 aliphatic rings. The second kappa shape index (κ2) is 9.79. The lowest BCUT2D eigenvalue weighted by atomic mass is 9.80. The normalized spacial score (nSPS) is 16.3. The van der Waals surface area contributed by atoms with Crippen molar-refractivity contribution in [3.8, 4) is 5.75 Å². The van der Waals surface area contributed by atoms with E-state index in [-0.39, 0.29) is 18.3 Å². The summed E-state index contributed by atoms with van der Waals surface area (Å²) >= 11 is 1.14. The Morgan fingerprint density at radius 2 is 1.81 bits per heavy atom. The van der Waals surface area contributed by atoms with E-state index in [1.807, 2.05) is 54.6 Å². The zero-order valence-corrected chi connectivity index (χ0v) is 19.6. The van der Waals surface area contributed by atoms with Crippen LogP contribution in [0.5, 0.6) is 5.75 Å². The van der Waals surface area contributed by atoms with Crippen LogP contribution in [0, 0.1) is 0 Å². The molecule has 0 fully saturated rings. The van der Waals surface area contributed by atoms with Gasteiger partial charge in [0.1, 0.15) is 14.8 Å². The van der Waals surface area contributed by atoms with E-state index in [4.69, 9.17) is 9.47 Å². The van der Waals surface area contributed by atoms with Crippen LogP contribution in [0.4, 0.5) is 0 Å². The number of ether oxygens (including phenoxy) is 2. The molecule has 166 valence electrons. The lowest BCUT2D eigenvalue weighted by Gasteiger charge is -2.23. The second-order valence-corrected chi connectivity index (χ2v) is 10.2. The van der Waals surface area contributed by atoms with Crippen LogP contribution in [0.15, 0.2) is 58.8 Å². The Morgan fingerprint density at radius 1 is 1.09 bits per heavy atom. The third-order valence-corrected chi connectivity index (χ3v) is 8.56. The Bertz CT molecular complexity index is 1150. The van der Waals surface area contributed by atoms with Gasteiger partial charge in [-0.1, -0.05) is 42.5 Å². The van der Waals surface area contributed by atoms with E-state index in [0.717, 1.165) is 28.2 Å². The molecule has 0 saturated carbocycles. The van der Waals surface area contributed by atoms with Crippen LogP contribution in [0.2, 0.25) is 0 Å². The Labute approximate surface area is 193 Å². The van der Waals surface area contributed by atoms with Gasteiger partial charge in [0.15, 0.2) is 5.78 Å². The standard InChI is InChI=1S/C25H24O5S2/c1-3-30-24(27)23-20-13-18(17-9-11-19(29-2)12-10-17)14-21(26)22(20)25(31-23)32(28)15-16-7-5-4-6-8-16/h4-12,18H,3,13-15H2,1-2H3. The van der Waals surface area contributed by atoms with Gasteiger partial charge in [-0.3, -0.25) is 9.00 Å². The van der Waals surface area contributed by atoms with Gasteiger partial charge in [0, 0.05) is 12.0 Å². The van der Waals surface area contributed by atoms with Gasteiger partial charge in [0.25, 0.3) is 0 Å². The number of carbonyl (C=O) groups is 2. The van der Waals surface area contributed by atoms with Crippen molar-refractivity contribution in [3.05, 3.63) is 81.7 Å². The first-order chi connectivity index (χ1) is 15.5. The molecule has 3 aromatic rings.